The Morgan fingerprint density at radius 1 is 1.44 bits per heavy atom. The van der Waals surface area contributed by atoms with Gasteiger partial charge in [-0.25, -0.2) is 4.98 Å². The van der Waals surface area contributed by atoms with Gasteiger partial charge >= 0.3 is 0 Å². The number of rotatable bonds is 2. The van der Waals surface area contributed by atoms with E-state index in [-0.39, 0.29) is 12.5 Å². The van der Waals surface area contributed by atoms with E-state index in [9.17, 15) is 4.79 Å². The molecule has 1 amide bonds. The Bertz CT molecular complexity index is 596. The molecule has 90 valence electrons. The van der Waals surface area contributed by atoms with E-state index in [4.69, 9.17) is 5.11 Å². The van der Waals surface area contributed by atoms with Crippen LogP contribution in [0.5, 0.6) is 0 Å². The molecular formula is C13H10N2O2S. The molecule has 0 aliphatic carbocycles. The summed E-state index contributed by atoms with van der Waals surface area (Å²) in [4.78, 5) is 16.5. The number of nitrogens with one attached hydrogen (secondary N) is 1. The first-order valence-electron chi connectivity index (χ1n) is 5.21. The Hall–Kier alpha value is -2.16. The standard InChI is InChI=1S/C13H10N2O2S/c16-8-3-4-10-6-9-18-12(10)13(17)15-11-5-1-2-7-14-11/h1-2,5-7,9,16H,8H2,(H,14,15,17). The maximum Gasteiger partial charge on any atom is 0.268 e. The topological polar surface area (TPSA) is 62.2 Å². The lowest BCUT2D eigenvalue weighted by Gasteiger charge is -2.02. The van der Waals surface area contributed by atoms with Crippen LogP contribution in [0.1, 0.15) is 15.2 Å². The zero-order valence-electron chi connectivity index (χ0n) is 9.38. The quantitative estimate of drug-likeness (QED) is 0.806. The zero-order chi connectivity index (χ0) is 12.8. The van der Waals surface area contributed by atoms with Crippen molar-refractivity contribution in [3.05, 3.63) is 46.3 Å². The maximum absolute atomic E-state index is 12.0. The molecule has 2 N–H and O–H groups in total. The predicted octanol–water partition coefficient (Wildman–Crippen LogP) is 1.74. The Morgan fingerprint density at radius 2 is 2.33 bits per heavy atom. The molecule has 0 fully saturated rings. The molecule has 0 aliphatic heterocycles. The zero-order valence-corrected chi connectivity index (χ0v) is 10.2. The average Bonchev–Trinajstić information content (AvgIpc) is 2.86. The number of anilines is 1. The largest absolute Gasteiger partial charge is 0.384 e. The molecule has 4 nitrogen and oxygen atoms in total. The van der Waals surface area contributed by atoms with E-state index in [1.165, 1.54) is 11.3 Å². The van der Waals surface area contributed by atoms with E-state index >= 15 is 0 Å². The van der Waals surface area contributed by atoms with Crippen LogP contribution < -0.4 is 5.32 Å². The first-order valence-corrected chi connectivity index (χ1v) is 6.09. The minimum Gasteiger partial charge on any atom is -0.384 e. The Labute approximate surface area is 108 Å². The lowest BCUT2D eigenvalue weighted by atomic mass is 10.2. The number of amides is 1. The fourth-order valence-electron chi connectivity index (χ4n) is 1.33. The summed E-state index contributed by atoms with van der Waals surface area (Å²) in [5.74, 6) is 5.52. The van der Waals surface area contributed by atoms with Crippen LogP contribution in [0, 0.1) is 11.8 Å². The van der Waals surface area contributed by atoms with Crippen LogP contribution in [-0.2, 0) is 0 Å². The van der Waals surface area contributed by atoms with Gasteiger partial charge in [-0.1, -0.05) is 17.9 Å². The normalized spacial score (nSPS) is 9.39. The molecule has 0 atom stereocenters. The van der Waals surface area contributed by atoms with Gasteiger partial charge in [0, 0.05) is 11.8 Å². The predicted molar refractivity (Wildman–Crippen MR) is 70.5 cm³/mol. The molecule has 2 aromatic heterocycles. The lowest BCUT2D eigenvalue weighted by Crippen LogP contribution is -2.12. The SMILES string of the molecule is O=C(Nc1ccccn1)c1sccc1C#CCO. The summed E-state index contributed by atoms with van der Waals surface area (Å²) in [5.41, 5.74) is 0.613. The molecule has 2 heterocycles. The number of carbonyl (C=O) groups excluding carboxylic acids is 1. The molecule has 0 spiro atoms. The summed E-state index contributed by atoms with van der Waals surface area (Å²) in [5, 5.41) is 13.1. The van der Waals surface area contributed by atoms with E-state index in [0.29, 0.717) is 16.3 Å². The molecule has 0 saturated carbocycles. The van der Waals surface area contributed by atoms with Gasteiger partial charge in [-0.05, 0) is 23.6 Å². The minimum atomic E-state index is -0.245. The number of aromatic nitrogens is 1. The molecule has 0 aromatic carbocycles. The molecular weight excluding hydrogens is 248 g/mol. The summed E-state index contributed by atoms with van der Waals surface area (Å²) in [6, 6.07) is 7.04. The van der Waals surface area contributed by atoms with Gasteiger partial charge in [0.2, 0.25) is 0 Å². The van der Waals surface area contributed by atoms with Crippen LogP contribution >= 0.6 is 11.3 Å². The number of aliphatic hydroxyl groups is 1. The molecule has 0 radical (unpaired) electrons. The van der Waals surface area contributed by atoms with Crippen molar-refractivity contribution in [2.45, 2.75) is 0 Å². The average molecular weight is 258 g/mol. The van der Waals surface area contributed by atoms with Crippen LogP contribution in [-0.4, -0.2) is 22.6 Å². The van der Waals surface area contributed by atoms with E-state index in [1.54, 1.807) is 35.8 Å². The number of aliphatic hydroxyl groups excluding tert-OH is 1. The van der Waals surface area contributed by atoms with Gasteiger partial charge < -0.3 is 10.4 Å². The molecule has 0 unspecified atom stereocenters. The number of nitrogens with zero attached hydrogens (tertiary/aromatic N) is 1. The number of hydrogen-bond acceptors (Lipinski definition) is 4. The monoisotopic (exact) mass is 258 g/mol. The van der Waals surface area contributed by atoms with Crippen LogP contribution in [0.2, 0.25) is 0 Å². The third kappa shape index (κ3) is 2.94. The smallest absolute Gasteiger partial charge is 0.268 e. The number of thiophene rings is 1. The highest BCUT2D eigenvalue weighted by molar-refractivity contribution is 7.12. The van der Waals surface area contributed by atoms with E-state index in [1.807, 2.05) is 0 Å². The number of pyridine rings is 1. The van der Waals surface area contributed by atoms with Gasteiger partial charge in [0.1, 0.15) is 17.3 Å². The number of carbonyl (C=O) groups is 1. The van der Waals surface area contributed by atoms with Gasteiger partial charge in [-0.2, -0.15) is 0 Å². The molecule has 0 saturated heterocycles. The van der Waals surface area contributed by atoms with Gasteiger partial charge in [0.25, 0.3) is 5.91 Å². The highest BCUT2D eigenvalue weighted by Gasteiger charge is 2.12. The molecule has 0 bridgehead atoms. The summed E-state index contributed by atoms with van der Waals surface area (Å²) < 4.78 is 0. The third-order valence-corrected chi connectivity index (χ3v) is 2.99. The van der Waals surface area contributed by atoms with Crippen LogP contribution in [0.25, 0.3) is 0 Å². The van der Waals surface area contributed by atoms with Crippen molar-refractivity contribution in [1.82, 2.24) is 4.98 Å². The summed E-state index contributed by atoms with van der Waals surface area (Å²) in [6.45, 7) is -0.225. The molecule has 18 heavy (non-hydrogen) atoms. The summed E-state index contributed by atoms with van der Waals surface area (Å²) >= 11 is 1.30. The van der Waals surface area contributed by atoms with Gasteiger partial charge in [0.15, 0.2) is 0 Å². The molecule has 2 aromatic rings. The first-order chi connectivity index (χ1) is 8.81. The molecule has 2 rings (SSSR count). The Balaban J connectivity index is 2.17. The van der Waals surface area contributed by atoms with Crippen LogP contribution in [0.3, 0.4) is 0 Å². The second kappa shape index (κ2) is 5.96. The highest BCUT2D eigenvalue weighted by atomic mass is 32.1. The van der Waals surface area contributed by atoms with E-state index in [0.717, 1.165) is 0 Å². The van der Waals surface area contributed by atoms with Crippen LogP contribution in [0.15, 0.2) is 35.8 Å². The first kappa shape index (κ1) is 12.3. The fourth-order valence-corrected chi connectivity index (χ4v) is 2.07. The van der Waals surface area contributed by atoms with Crippen molar-refractivity contribution in [3.63, 3.8) is 0 Å². The van der Waals surface area contributed by atoms with E-state index in [2.05, 4.69) is 22.1 Å². The second-order valence-electron chi connectivity index (χ2n) is 3.29. The summed E-state index contributed by atoms with van der Waals surface area (Å²) in [6.07, 6.45) is 1.61. The molecule has 5 heteroatoms. The maximum atomic E-state index is 12.0. The second-order valence-corrected chi connectivity index (χ2v) is 4.21. The van der Waals surface area contributed by atoms with Crippen molar-refractivity contribution in [3.8, 4) is 11.8 Å². The van der Waals surface area contributed by atoms with Gasteiger partial charge in [0.05, 0.1) is 0 Å². The highest BCUT2D eigenvalue weighted by Crippen LogP contribution is 2.17. The van der Waals surface area contributed by atoms with Crippen molar-refractivity contribution in [2.24, 2.45) is 0 Å². The number of hydrogen-bond donors (Lipinski definition) is 2. The Kier molecular flexibility index (Phi) is 4.07. The van der Waals surface area contributed by atoms with Gasteiger partial charge in [-0.3, -0.25) is 4.79 Å². The lowest BCUT2D eigenvalue weighted by molar-refractivity contribution is 0.103. The minimum absolute atomic E-state index is 0.225. The Morgan fingerprint density at radius 3 is 3.06 bits per heavy atom. The van der Waals surface area contributed by atoms with Crippen molar-refractivity contribution < 1.29 is 9.90 Å². The van der Waals surface area contributed by atoms with Gasteiger partial charge in [-0.15, -0.1) is 11.3 Å². The van der Waals surface area contributed by atoms with Crippen LogP contribution in [0.4, 0.5) is 5.82 Å². The van der Waals surface area contributed by atoms with Crippen molar-refractivity contribution >= 4 is 23.1 Å². The van der Waals surface area contributed by atoms with Crippen molar-refractivity contribution in [2.75, 3.05) is 11.9 Å². The molecule has 0 aliphatic rings. The van der Waals surface area contributed by atoms with E-state index < -0.39 is 0 Å². The van der Waals surface area contributed by atoms with Crippen molar-refractivity contribution in [1.29, 1.82) is 0 Å². The fraction of sp³-hybridized carbons (Fsp3) is 0.0769. The third-order valence-electron chi connectivity index (χ3n) is 2.08. The summed E-state index contributed by atoms with van der Waals surface area (Å²) in [7, 11) is 0.